The normalized spacial score (nSPS) is 16.1. The van der Waals surface area contributed by atoms with Crippen LogP contribution in [0.15, 0.2) is 23.1 Å². The summed E-state index contributed by atoms with van der Waals surface area (Å²) in [6, 6.07) is 4.54. The molecule has 1 N–H and O–H groups in total. The highest BCUT2D eigenvalue weighted by Crippen LogP contribution is 2.34. The first-order valence-electron chi connectivity index (χ1n) is 6.74. The molecule has 0 aromatic heterocycles. The fraction of sp³-hybridized carbons (Fsp3) is 0.267. The molecule has 1 fully saturated rings. The van der Waals surface area contributed by atoms with Gasteiger partial charge in [-0.25, -0.2) is 0 Å². The third-order valence-corrected chi connectivity index (χ3v) is 3.88. The molecule has 2 amide bonds. The lowest BCUT2D eigenvalue weighted by Crippen LogP contribution is -2.34. The second-order valence-corrected chi connectivity index (χ2v) is 5.50. The van der Waals surface area contributed by atoms with Gasteiger partial charge in [-0.05, 0) is 42.5 Å². The summed E-state index contributed by atoms with van der Waals surface area (Å²) in [5.74, 6) is -0.966. The van der Waals surface area contributed by atoms with E-state index in [1.807, 2.05) is 0 Å². The number of hydrogen-bond acceptors (Lipinski definition) is 7. The Labute approximate surface area is 136 Å². The number of amides is 2. The zero-order valence-electron chi connectivity index (χ0n) is 12.6. The molecule has 122 valence electrons. The van der Waals surface area contributed by atoms with E-state index in [0.717, 1.165) is 16.7 Å². The van der Waals surface area contributed by atoms with Crippen molar-refractivity contribution >= 4 is 35.0 Å². The summed E-state index contributed by atoms with van der Waals surface area (Å²) in [5, 5.41) is 9.02. The first kappa shape index (κ1) is 16.9. The Morgan fingerprint density at radius 2 is 2.13 bits per heavy atom. The maximum absolute atomic E-state index is 12.2. The van der Waals surface area contributed by atoms with Gasteiger partial charge in [0.2, 0.25) is 0 Å². The number of phenols is 1. The number of esters is 1. The number of thioether (sulfide) groups is 1. The van der Waals surface area contributed by atoms with E-state index in [9.17, 15) is 19.5 Å². The van der Waals surface area contributed by atoms with Gasteiger partial charge in [0.05, 0.1) is 18.6 Å². The molecule has 0 atom stereocenters. The SMILES string of the molecule is CCOC(=O)CN1C(=O)S/C(=C\c2ccc(O)c(OC)c2)C1=O. The zero-order valence-corrected chi connectivity index (χ0v) is 13.4. The quantitative estimate of drug-likeness (QED) is 0.649. The summed E-state index contributed by atoms with van der Waals surface area (Å²) in [7, 11) is 1.41. The first-order valence-corrected chi connectivity index (χ1v) is 7.56. The van der Waals surface area contributed by atoms with E-state index in [1.165, 1.54) is 25.3 Å². The number of carbonyl (C=O) groups excluding carboxylic acids is 3. The van der Waals surface area contributed by atoms with Crippen molar-refractivity contribution in [3.63, 3.8) is 0 Å². The van der Waals surface area contributed by atoms with Gasteiger partial charge >= 0.3 is 5.97 Å². The van der Waals surface area contributed by atoms with Crippen molar-refractivity contribution in [1.82, 2.24) is 4.90 Å². The van der Waals surface area contributed by atoms with Gasteiger partial charge in [0.25, 0.3) is 11.1 Å². The Morgan fingerprint density at radius 1 is 1.39 bits per heavy atom. The monoisotopic (exact) mass is 337 g/mol. The highest BCUT2D eigenvalue weighted by molar-refractivity contribution is 8.18. The number of aromatic hydroxyl groups is 1. The Morgan fingerprint density at radius 3 is 2.78 bits per heavy atom. The maximum Gasteiger partial charge on any atom is 0.326 e. The number of benzene rings is 1. The fourth-order valence-electron chi connectivity index (χ4n) is 1.91. The number of ether oxygens (including phenoxy) is 2. The van der Waals surface area contributed by atoms with Crippen molar-refractivity contribution in [3.05, 3.63) is 28.7 Å². The van der Waals surface area contributed by atoms with E-state index in [4.69, 9.17) is 9.47 Å². The van der Waals surface area contributed by atoms with Gasteiger partial charge in [-0.1, -0.05) is 6.07 Å². The van der Waals surface area contributed by atoms with E-state index >= 15 is 0 Å². The lowest BCUT2D eigenvalue weighted by atomic mass is 10.2. The van der Waals surface area contributed by atoms with E-state index in [2.05, 4.69) is 0 Å². The van der Waals surface area contributed by atoms with Crippen LogP contribution in [-0.4, -0.2) is 47.4 Å². The lowest BCUT2D eigenvalue weighted by Gasteiger charge is -2.10. The fourth-order valence-corrected chi connectivity index (χ4v) is 2.75. The van der Waals surface area contributed by atoms with Gasteiger partial charge in [-0.15, -0.1) is 0 Å². The van der Waals surface area contributed by atoms with Crippen molar-refractivity contribution in [2.24, 2.45) is 0 Å². The van der Waals surface area contributed by atoms with Crippen molar-refractivity contribution in [2.45, 2.75) is 6.92 Å². The zero-order chi connectivity index (χ0) is 17.0. The first-order chi connectivity index (χ1) is 11.0. The minimum absolute atomic E-state index is 0.0277. The average Bonchev–Trinajstić information content (AvgIpc) is 2.77. The number of rotatable bonds is 5. The average molecular weight is 337 g/mol. The molecule has 0 spiro atoms. The summed E-state index contributed by atoms with van der Waals surface area (Å²) in [6.45, 7) is 1.41. The van der Waals surface area contributed by atoms with Crippen molar-refractivity contribution in [2.75, 3.05) is 20.3 Å². The summed E-state index contributed by atoms with van der Waals surface area (Å²) in [6.07, 6.45) is 1.50. The summed E-state index contributed by atoms with van der Waals surface area (Å²) in [4.78, 5) is 36.5. The smallest absolute Gasteiger partial charge is 0.326 e. The summed E-state index contributed by atoms with van der Waals surface area (Å²) in [5.41, 5.74) is 0.585. The lowest BCUT2D eigenvalue weighted by molar-refractivity contribution is -0.145. The molecule has 1 aliphatic heterocycles. The highest BCUT2D eigenvalue weighted by Gasteiger charge is 2.36. The molecule has 8 heteroatoms. The van der Waals surface area contributed by atoms with Crippen LogP contribution in [0.2, 0.25) is 0 Å². The molecule has 0 saturated carbocycles. The third-order valence-electron chi connectivity index (χ3n) is 2.97. The molecular weight excluding hydrogens is 322 g/mol. The third kappa shape index (κ3) is 3.84. The summed E-state index contributed by atoms with van der Waals surface area (Å²) >= 11 is 0.742. The molecule has 1 aliphatic rings. The molecular formula is C15H15NO6S. The number of methoxy groups -OCH3 is 1. The van der Waals surface area contributed by atoms with Crippen molar-refractivity contribution in [3.8, 4) is 11.5 Å². The number of hydrogen-bond donors (Lipinski definition) is 1. The summed E-state index contributed by atoms with van der Waals surface area (Å²) < 4.78 is 9.73. The van der Waals surface area contributed by atoms with Crippen LogP contribution in [0, 0.1) is 0 Å². The van der Waals surface area contributed by atoms with Crippen LogP contribution < -0.4 is 4.74 Å². The predicted molar refractivity (Wildman–Crippen MR) is 84.0 cm³/mol. The minimum atomic E-state index is -0.637. The van der Waals surface area contributed by atoms with E-state index in [1.54, 1.807) is 13.0 Å². The number of carbonyl (C=O) groups is 3. The number of phenolic OH excluding ortho intramolecular Hbond substituents is 1. The minimum Gasteiger partial charge on any atom is -0.504 e. The maximum atomic E-state index is 12.2. The van der Waals surface area contributed by atoms with Crippen LogP contribution in [0.4, 0.5) is 4.79 Å². The Hall–Kier alpha value is -2.48. The van der Waals surface area contributed by atoms with Gasteiger partial charge in [0.15, 0.2) is 11.5 Å². The Kier molecular flexibility index (Phi) is 5.28. The topological polar surface area (TPSA) is 93.1 Å². The standard InChI is InChI=1S/C15H15NO6S/c1-3-22-13(18)8-16-14(19)12(23-15(16)20)7-9-4-5-10(17)11(6-9)21-2/h4-7,17H,3,8H2,1-2H3/b12-7-. The predicted octanol–water partition coefficient (Wildman–Crippen LogP) is 2.00. The van der Waals surface area contributed by atoms with Crippen LogP contribution in [0.1, 0.15) is 12.5 Å². The Balaban J connectivity index is 2.20. The van der Waals surface area contributed by atoms with Gasteiger partial charge in [0.1, 0.15) is 6.54 Å². The number of imide groups is 1. The van der Waals surface area contributed by atoms with E-state index in [0.29, 0.717) is 5.56 Å². The molecule has 1 heterocycles. The second-order valence-electron chi connectivity index (χ2n) is 4.50. The molecule has 1 aromatic rings. The molecule has 23 heavy (non-hydrogen) atoms. The van der Waals surface area contributed by atoms with Crippen LogP contribution in [-0.2, 0) is 14.3 Å². The van der Waals surface area contributed by atoms with Gasteiger partial charge in [-0.3, -0.25) is 19.3 Å². The molecule has 2 rings (SSSR count). The van der Waals surface area contributed by atoms with Gasteiger partial charge in [0, 0.05) is 0 Å². The van der Waals surface area contributed by atoms with Crippen molar-refractivity contribution in [1.29, 1.82) is 0 Å². The molecule has 1 aromatic carbocycles. The Bertz CT molecular complexity index is 685. The van der Waals surface area contributed by atoms with Crippen LogP contribution >= 0.6 is 11.8 Å². The van der Waals surface area contributed by atoms with Crippen LogP contribution in [0.3, 0.4) is 0 Å². The molecule has 7 nitrogen and oxygen atoms in total. The van der Waals surface area contributed by atoms with Gasteiger partial charge in [-0.2, -0.15) is 0 Å². The van der Waals surface area contributed by atoms with Crippen molar-refractivity contribution < 1.29 is 29.0 Å². The second kappa shape index (κ2) is 7.19. The van der Waals surface area contributed by atoms with Crippen LogP contribution in [0.5, 0.6) is 11.5 Å². The number of nitrogens with zero attached hydrogens (tertiary/aromatic N) is 1. The van der Waals surface area contributed by atoms with E-state index in [-0.39, 0.29) is 23.0 Å². The molecule has 1 saturated heterocycles. The highest BCUT2D eigenvalue weighted by atomic mass is 32.2. The molecule has 0 unspecified atom stereocenters. The van der Waals surface area contributed by atoms with Crippen LogP contribution in [0.25, 0.3) is 6.08 Å². The van der Waals surface area contributed by atoms with E-state index < -0.39 is 23.7 Å². The molecule has 0 radical (unpaired) electrons. The largest absolute Gasteiger partial charge is 0.504 e. The molecule has 0 bridgehead atoms. The van der Waals surface area contributed by atoms with Gasteiger partial charge < -0.3 is 14.6 Å². The molecule has 0 aliphatic carbocycles.